The molecule has 30 heavy (non-hydrogen) atoms. The molecule has 1 heterocycles. The van der Waals surface area contributed by atoms with Crippen LogP contribution in [0.3, 0.4) is 0 Å². The average molecular weight is 508 g/mol. The smallest absolute Gasteiger partial charge is 0.249 e. The summed E-state index contributed by atoms with van der Waals surface area (Å²) < 4.78 is 0.970. The Hall–Kier alpha value is -2.29. The Kier molecular flexibility index (Phi) is 8.36. The van der Waals surface area contributed by atoms with Crippen LogP contribution >= 0.6 is 38.9 Å². The maximum Gasteiger partial charge on any atom is 0.249 e. The van der Waals surface area contributed by atoms with Crippen molar-refractivity contribution in [3.63, 3.8) is 0 Å². The Morgan fingerprint density at radius 1 is 1.07 bits per heavy atom. The monoisotopic (exact) mass is 506 g/mol. The van der Waals surface area contributed by atoms with Crippen molar-refractivity contribution in [1.82, 2.24) is 15.5 Å². The Morgan fingerprint density at radius 3 is 2.50 bits per heavy atom. The zero-order chi connectivity index (χ0) is 21.3. The zero-order valence-corrected chi connectivity index (χ0v) is 19.1. The summed E-state index contributed by atoms with van der Waals surface area (Å²) in [7, 11) is 0. The summed E-state index contributed by atoms with van der Waals surface area (Å²) in [5.74, 6) is -0.150. The molecule has 0 bridgehead atoms. The Labute approximate surface area is 192 Å². The van der Waals surface area contributed by atoms with Crippen molar-refractivity contribution in [2.75, 3.05) is 11.2 Å². The van der Waals surface area contributed by atoms with Gasteiger partial charge in [-0.3, -0.25) is 14.9 Å². The van der Waals surface area contributed by atoms with Crippen LogP contribution in [0.5, 0.6) is 0 Å². The van der Waals surface area contributed by atoms with Crippen LogP contribution in [0.15, 0.2) is 59.1 Å². The molecule has 0 spiro atoms. The molecule has 0 aliphatic rings. The zero-order valence-electron chi connectivity index (χ0n) is 16.0. The topological polar surface area (TPSA) is 84.0 Å². The molecule has 156 valence electrons. The Balaban J connectivity index is 1.70. The van der Waals surface area contributed by atoms with Gasteiger partial charge >= 0.3 is 0 Å². The minimum Gasteiger partial charge on any atom is -0.344 e. The highest BCUT2D eigenvalue weighted by Crippen LogP contribution is 2.27. The number of nitrogens with one attached hydrogen (secondary N) is 2. The standard InChI is InChI=1S/C21H20BrClN4O2S/c22-16-10-8-15(9-11-16)20-26-27-21(30-20)25-19(29)17(24-18(28)7-4-12-23)13-14-5-2-1-3-6-14/h1-3,5-6,8-11,17H,4,7,12-13H2,(H,24,28)(H,25,27,29)/t17-/m0/s1. The molecule has 2 N–H and O–H groups in total. The van der Waals surface area contributed by atoms with Gasteiger partial charge in [0.25, 0.3) is 0 Å². The lowest BCUT2D eigenvalue weighted by molar-refractivity contribution is -0.126. The Bertz CT molecular complexity index is 982. The number of aromatic nitrogens is 2. The van der Waals surface area contributed by atoms with Gasteiger partial charge < -0.3 is 5.32 Å². The van der Waals surface area contributed by atoms with Crippen LogP contribution < -0.4 is 10.6 Å². The molecule has 3 rings (SSSR count). The quantitative estimate of drug-likeness (QED) is 0.413. The molecule has 2 amide bonds. The van der Waals surface area contributed by atoms with Crippen molar-refractivity contribution in [2.45, 2.75) is 25.3 Å². The number of alkyl halides is 1. The molecule has 6 nitrogen and oxygen atoms in total. The molecule has 1 atom stereocenters. The number of halogens is 2. The first kappa shape index (κ1) is 22.4. The van der Waals surface area contributed by atoms with Crippen molar-refractivity contribution in [3.8, 4) is 10.6 Å². The lowest BCUT2D eigenvalue weighted by atomic mass is 10.1. The number of benzene rings is 2. The Morgan fingerprint density at radius 2 is 1.80 bits per heavy atom. The molecule has 0 radical (unpaired) electrons. The lowest BCUT2D eigenvalue weighted by Gasteiger charge is -2.17. The second-order valence-corrected chi connectivity index (χ2v) is 8.78. The molecule has 0 saturated heterocycles. The fraction of sp³-hybridized carbons (Fsp3) is 0.238. The van der Waals surface area contributed by atoms with Crippen LogP contribution in [0.25, 0.3) is 10.6 Å². The number of hydrogen-bond donors (Lipinski definition) is 2. The number of carbonyl (C=O) groups excluding carboxylic acids is 2. The summed E-state index contributed by atoms with van der Waals surface area (Å²) >= 11 is 10.3. The molecule has 0 fully saturated rings. The van der Waals surface area contributed by atoms with Gasteiger partial charge in [-0.2, -0.15) is 0 Å². The second-order valence-electron chi connectivity index (χ2n) is 6.51. The molecular formula is C21H20BrClN4O2S. The molecule has 0 aliphatic heterocycles. The van der Waals surface area contributed by atoms with Gasteiger partial charge in [0.2, 0.25) is 16.9 Å². The highest BCUT2D eigenvalue weighted by molar-refractivity contribution is 9.10. The van der Waals surface area contributed by atoms with Crippen molar-refractivity contribution in [3.05, 3.63) is 64.6 Å². The molecule has 0 aliphatic carbocycles. The second kappa shape index (κ2) is 11.2. The van der Waals surface area contributed by atoms with Crippen molar-refractivity contribution < 1.29 is 9.59 Å². The van der Waals surface area contributed by atoms with E-state index in [1.165, 1.54) is 11.3 Å². The summed E-state index contributed by atoms with van der Waals surface area (Å²) in [4.78, 5) is 25.1. The number of hydrogen-bond acceptors (Lipinski definition) is 5. The first-order chi connectivity index (χ1) is 14.5. The van der Waals surface area contributed by atoms with Gasteiger partial charge in [0.1, 0.15) is 11.0 Å². The average Bonchev–Trinajstić information content (AvgIpc) is 3.21. The van der Waals surface area contributed by atoms with Gasteiger partial charge in [-0.25, -0.2) is 0 Å². The number of amides is 2. The first-order valence-electron chi connectivity index (χ1n) is 9.34. The number of rotatable bonds is 9. The van der Waals surface area contributed by atoms with Crippen LogP contribution in [-0.2, 0) is 16.0 Å². The molecule has 2 aromatic carbocycles. The van der Waals surface area contributed by atoms with Crippen molar-refractivity contribution in [2.24, 2.45) is 0 Å². The SMILES string of the molecule is O=C(CCCCl)N[C@@H](Cc1ccccc1)C(=O)Nc1nnc(-c2ccc(Br)cc2)s1. The van der Waals surface area contributed by atoms with Crippen LogP contribution in [0.1, 0.15) is 18.4 Å². The van der Waals surface area contributed by atoms with E-state index in [9.17, 15) is 9.59 Å². The van der Waals surface area contributed by atoms with E-state index in [0.717, 1.165) is 15.6 Å². The summed E-state index contributed by atoms with van der Waals surface area (Å²) in [5, 5.41) is 14.9. The summed E-state index contributed by atoms with van der Waals surface area (Å²) in [6.45, 7) is 0. The van der Waals surface area contributed by atoms with Crippen molar-refractivity contribution in [1.29, 1.82) is 0 Å². The highest BCUT2D eigenvalue weighted by Gasteiger charge is 2.22. The first-order valence-corrected chi connectivity index (χ1v) is 11.5. The van der Waals surface area contributed by atoms with E-state index in [1.807, 2.05) is 54.6 Å². The van der Waals surface area contributed by atoms with Gasteiger partial charge in [0, 0.05) is 28.8 Å². The third-order valence-electron chi connectivity index (χ3n) is 4.22. The fourth-order valence-electron chi connectivity index (χ4n) is 2.73. The van der Waals surface area contributed by atoms with Crippen LogP contribution in [0, 0.1) is 0 Å². The van der Waals surface area contributed by atoms with E-state index in [-0.39, 0.29) is 18.2 Å². The number of anilines is 1. The van der Waals surface area contributed by atoms with E-state index < -0.39 is 6.04 Å². The highest BCUT2D eigenvalue weighted by atomic mass is 79.9. The minimum atomic E-state index is -0.727. The minimum absolute atomic E-state index is 0.209. The third-order valence-corrected chi connectivity index (χ3v) is 5.90. The largest absolute Gasteiger partial charge is 0.344 e. The van der Waals surface area contributed by atoms with E-state index in [0.29, 0.717) is 28.9 Å². The molecule has 0 saturated carbocycles. The third kappa shape index (κ3) is 6.62. The van der Waals surface area contributed by atoms with Crippen LogP contribution in [-0.4, -0.2) is 33.9 Å². The summed E-state index contributed by atoms with van der Waals surface area (Å²) in [6, 6.07) is 16.5. The van der Waals surface area contributed by atoms with Gasteiger partial charge in [-0.15, -0.1) is 21.8 Å². The van der Waals surface area contributed by atoms with E-state index in [2.05, 4.69) is 36.8 Å². The van der Waals surface area contributed by atoms with E-state index in [4.69, 9.17) is 11.6 Å². The van der Waals surface area contributed by atoms with Crippen molar-refractivity contribution >= 4 is 55.8 Å². The normalized spacial score (nSPS) is 11.7. The molecule has 9 heteroatoms. The van der Waals surface area contributed by atoms with Gasteiger partial charge in [-0.05, 0) is 24.1 Å². The fourth-order valence-corrected chi connectivity index (χ4v) is 3.88. The molecular weight excluding hydrogens is 488 g/mol. The number of carbonyl (C=O) groups is 2. The van der Waals surface area contributed by atoms with Gasteiger partial charge in [0.15, 0.2) is 0 Å². The van der Waals surface area contributed by atoms with E-state index >= 15 is 0 Å². The van der Waals surface area contributed by atoms with Crippen LogP contribution in [0.4, 0.5) is 5.13 Å². The summed E-state index contributed by atoms with van der Waals surface area (Å²) in [6.07, 6.45) is 1.20. The summed E-state index contributed by atoms with van der Waals surface area (Å²) in [5.41, 5.74) is 1.86. The maximum atomic E-state index is 12.9. The maximum absolute atomic E-state index is 12.9. The lowest BCUT2D eigenvalue weighted by Crippen LogP contribution is -2.45. The molecule has 3 aromatic rings. The molecule has 0 unspecified atom stereocenters. The number of nitrogens with zero attached hydrogens (tertiary/aromatic N) is 2. The van der Waals surface area contributed by atoms with Crippen LogP contribution in [0.2, 0.25) is 0 Å². The van der Waals surface area contributed by atoms with Gasteiger partial charge in [-0.1, -0.05) is 69.7 Å². The molecule has 1 aromatic heterocycles. The predicted molar refractivity (Wildman–Crippen MR) is 124 cm³/mol. The predicted octanol–water partition coefficient (Wildman–Crippen LogP) is 4.65. The van der Waals surface area contributed by atoms with Gasteiger partial charge in [0.05, 0.1) is 0 Å². The van der Waals surface area contributed by atoms with E-state index in [1.54, 1.807) is 0 Å².